The molecule has 0 spiro atoms. The van der Waals surface area contributed by atoms with Crippen molar-refractivity contribution in [3.05, 3.63) is 34.6 Å². The third-order valence-corrected chi connectivity index (χ3v) is 4.72. The first-order chi connectivity index (χ1) is 10.5. The van der Waals surface area contributed by atoms with Crippen LogP contribution in [0.3, 0.4) is 0 Å². The maximum Gasteiger partial charge on any atom is 0.225 e. The van der Waals surface area contributed by atoms with E-state index in [0.717, 1.165) is 0 Å². The van der Waals surface area contributed by atoms with Gasteiger partial charge in [-0.1, -0.05) is 30.7 Å². The summed E-state index contributed by atoms with van der Waals surface area (Å²) in [6.07, 6.45) is 1.86. The molecule has 0 saturated carbocycles. The molecule has 1 saturated heterocycles. The molecule has 0 unspecified atom stereocenters. The second-order valence-electron chi connectivity index (χ2n) is 5.74. The van der Waals surface area contributed by atoms with Gasteiger partial charge >= 0.3 is 0 Å². The smallest absolute Gasteiger partial charge is 0.225 e. The molecular formula is C16H22ClFN2O2. The normalized spacial score (nSPS) is 18.9. The average Bonchev–Trinajstić information content (AvgIpc) is 2.52. The van der Waals surface area contributed by atoms with Gasteiger partial charge in [0, 0.05) is 31.4 Å². The van der Waals surface area contributed by atoms with Crippen LogP contribution in [0.15, 0.2) is 18.2 Å². The van der Waals surface area contributed by atoms with E-state index in [1.807, 2.05) is 6.92 Å². The highest BCUT2D eigenvalue weighted by molar-refractivity contribution is 6.30. The lowest BCUT2D eigenvalue weighted by atomic mass is 9.79. The van der Waals surface area contributed by atoms with E-state index < -0.39 is 11.2 Å². The van der Waals surface area contributed by atoms with Crippen LogP contribution in [0.4, 0.5) is 4.39 Å². The van der Waals surface area contributed by atoms with Gasteiger partial charge in [0.1, 0.15) is 5.82 Å². The molecule has 0 aromatic heterocycles. The van der Waals surface area contributed by atoms with E-state index in [-0.39, 0.29) is 17.0 Å². The van der Waals surface area contributed by atoms with Crippen LogP contribution >= 0.6 is 11.6 Å². The van der Waals surface area contributed by atoms with Gasteiger partial charge in [-0.25, -0.2) is 4.39 Å². The summed E-state index contributed by atoms with van der Waals surface area (Å²) in [6.45, 7) is 3.41. The Hall–Kier alpha value is -1.17. The first kappa shape index (κ1) is 17.2. The van der Waals surface area contributed by atoms with Gasteiger partial charge in [0.05, 0.1) is 10.4 Å². The number of benzene rings is 1. The third kappa shape index (κ3) is 3.59. The molecule has 4 nitrogen and oxygen atoms in total. The summed E-state index contributed by atoms with van der Waals surface area (Å²) in [5.41, 5.74) is 5.48. The van der Waals surface area contributed by atoms with Crippen LogP contribution < -0.4 is 11.1 Å². The average molecular weight is 329 g/mol. The Balaban J connectivity index is 2.13. The molecule has 1 aromatic rings. The van der Waals surface area contributed by atoms with Gasteiger partial charge in [-0.3, -0.25) is 4.79 Å². The monoisotopic (exact) mass is 328 g/mol. The first-order valence-electron chi connectivity index (χ1n) is 7.55. The predicted molar refractivity (Wildman–Crippen MR) is 84.1 cm³/mol. The van der Waals surface area contributed by atoms with Gasteiger partial charge in [-0.05, 0) is 25.3 Å². The number of amides is 1. The fraction of sp³-hybridized carbons (Fsp3) is 0.562. The Kier molecular flexibility index (Phi) is 5.78. The van der Waals surface area contributed by atoms with Crippen molar-refractivity contribution in [2.45, 2.75) is 32.2 Å². The molecule has 1 atom stereocenters. The van der Waals surface area contributed by atoms with Gasteiger partial charge in [0.15, 0.2) is 0 Å². The van der Waals surface area contributed by atoms with Crippen LogP contribution in [0.1, 0.15) is 37.8 Å². The number of halogens is 2. The van der Waals surface area contributed by atoms with Crippen molar-refractivity contribution in [3.8, 4) is 0 Å². The summed E-state index contributed by atoms with van der Waals surface area (Å²) in [5, 5.41) is 3.40. The van der Waals surface area contributed by atoms with E-state index >= 15 is 0 Å². The molecule has 0 radical (unpaired) electrons. The lowest BCUT2D eigenvalue weighted by molar-refractivity contribution is -0.133. The first-order valence-corrected chi connectivity index (χ1v) is 7.93. The zero-order valence-electron chi connectivity index (χ0n) is 12.7. The SMILES string of the molecule is CC[C@H](NCC1(C(N)=O)CCOCC1)c1cccc(Cl)c1F. The Morgan fingerprint density at radius 1 is 1.50 bits per heavy atom. The molecule has 1 aliphatic rings. The van der Waals surface area contributed by atoms with Crippen LogP contribution in [-0.4, -0.2) is 25.7 Å². The molecule has 1 heterocycles. The number of hydrogen-bond donors (Lipinski definition) is 2. The maximum absolute atomic E-state index is 14.2. The second-order valence-corrected chi connectivity index (χ2v) is 6.15. The fourth-order valence-corrected chi connectivity index (χ4v) is 3.04. The Morgan fingerprint density at radius 3 is 2.77 bits per heavy atom. The summed E-state index contributed by atoms with van der Waals surface area (Å²) in [7, 11) is 0. The fourth-order valence-electron chi connectivity index (χ4n) is 2.85. The van der Waals surface area contributed by atoms with Gasteiger partial charge in [-0.15, -0.1) is 0 Å². The Morgan fingerprint density at radius 2 is 2.18 bits per heavy atom. The topological polar surface area (TPSA) is 64.3 Å². The standard InChI is InChI=1S/C16H22ClFN2O2/c1-2-13(11-4-3-5-12(17)14(11)18)20-10-16(15(19)21)6-8-22-9-7-16/h3-5,13,20H,2,6-10H2,1H3,(H2,19,21)/t13-/m0/s1. The summed E-state index contributed by atoms with van der Waals surface area (Å²) in [6, 6.07) is 4.75. The molecule has 22 heavy (non-hydrogen) atoms. The molecule has 122 valence electrons. The lowest BCUT2D eigenvalue weighted by Crippen LogP contribution is -2.49. The molecule has 0 bridgehead atoms. The molecule has 1 amide bonds. The van der Waals surface area contributed by atoms with Crippen LogP contribution in [-0.2, 0) is 9.53 Å². The number of ether oxygens (including phenoxy) is 1. The Labute approximate surface area is 135 Å². The van der Waals surface area contributed by atoms with Crippen molar-refractivity contribution in [3.63, 3.8) is 0 Å². The highest BCUT2D eigenvalue weighted by Crippen LogP contribution is 2.31. The van der Waals surface area contributed by atoms with E-state index in [4.69, 9.17) is 22.1 Å². The number of primary amides is 1. The number of hydrogen-bond acceptors (Lipinski definition) is 3. The minimum atomic E-state index is -0.624. The minimum absolute atomic E-state index is 0.105. The largest absolute Gasteiger partial charge is 0.381 e. The molecule has 6 heteroatoms. The van der Waals surface area contributed by atoms with Crippen LogP contribution in [0.2, 0.25) is 5.02 Å². The second kappa shape index (κ2) is 7.40. The van der Waals surface area contributed by atoms with E-state index in [1.54, 1.807) is 12.1 Å². The molecule has 1 fully saturated rings. The summed E-state index contributed by atoms with van der Waals surface area (Å²) < 4.78 is 19.5. The quantitative estimate of drug-likeness (QED) is 0.844. The molecule has 3 N–H and O–H groups in total. The van der Waals surface area contributed by atoms with Gasteiger partial charge < -0.3 is 15.8 Å². The van der Waals surface area contributed by atoms with Crippen molar-refractivity contribution >= 4 is 17.5 Å². The van der Waals surface area contributed by atoms with E-state index in [1.165, 1.54) is 6.07 Å². The van der Waals surface area contributed by atoms with Crippen molar-refractivity contribution in [1.29, 1.82) is 0 Å². The summed E-state index contributed by atoms with van der Waals surface area (Å²) in [4.78, 5) is 11.9. The number of carbonyl (C=O) groups excluding carboxylic acids is 1. The summed E-state index contributed by atoms with van der Waals surface area (Å²) in [5.74, 6) is -0.742. The number of rotatable bonds is 6. The van der Waals surface area contributed by atoms with Crippen molar-refractivity contribution in [2.75, 3.05) is 19.8 Å². The summed E-state index contributed by atoms with van der Waals surface area (Å²) >= 11 is 5.85. The molecule has 0 aliphatic carbocycles. The zero-order chi connectivity index (χ0) is 16.2. The molecule has 1 aliphatic heterocycles. The Bertz CT molecular complexity index is 533. The number of carbonyl (C=O) groups is 1. The highest BCUT2D eigenvalue weighted by atomic mass is 35.5. The third-order valence-electron chi connectivity index (χ3n) is 4.42. The van der Waals surface area contributed by atoms with Gasteiger partial charge in [0.2, 0.25) is 5.91 Å². The maximum atomic E-state index is 14.2. The van der Waals surface area contributed by atoms with Crippen molar-refractivity contribution < 1.29 is 13.9 Å². The predicted octanol–water partition coefficient (Wildman–Crippen LogP) is 2.80. The van der Waals surface area contributed by atoms with Gasteiger partial charge in [-0.2, -0.15) is 0 Å². The van der Waals surface area contributed by atoms with E-state index in [9.17, 15) is 9.18 Å². The lowest BCUT2D eigenvalue weighted by Gasteiger charge is -2.35. The number of nitrogens with two attached hydrogens (primary N) is 1. The van der Waals surface area contributed by atoms with Gasteiger partial charge in [0.25, 0.3) is 0 Å². The van der Waals surface area contributed by atoms with Crippen molar-refractivity contribution in [1.82, 2.24) is 5.32 Å². The van der Waals surface area contributed by atoms with E-state index in [2.05, 4.69) is 5.32 Å². The van der Waals surface area contributed by atoms with E-state index in [0.29, 0.717) is 44.6 Å². The molecule has 2 rings (SSSR count). The minimum Gasteiger partial charge on any atom is -0.381 e. The van der Waals surface area contributed by atoms with Crippen molar-refractivity contribution in [2.24, 2.45) is 11.1 Å². The van der Waals surface area contributed by atoms with Crippen LogP contribution in [0, 0.1) is 11.2 Å². The number of nitrogens with one attached hydrogen (secondary N) is 1. The molecule has 1 aromatic carbocycles. The molecular weight excluding hydrogens is 307 g/mol. The zero-order valence-corrected chi connectivity index (χ0v) is 13.5. The van der Waals surface area contributed by atoms with Crippen LogP contribution in [0.25, 0.3) is 0 Å². The van der Waals surface area contributed by atoms with Crippen LogP contribution in [0.5, 0.6) is 0 Å². The highest BCUT2D eigenvalue weighted by Gasteiger charge is 2.38.